The van der Waals surface area contributed by atoms with E-state index in [9.17, 15) is 4.79 Å². The number of halogens is 1. The van der Waals surface area contributed by atoms with Gasteiger partial charge in [-0.1, -0.05) is 48.0 Å². The fourth-order valence-corrected chi connectivity index (χ4v) is 3.25. The molecule has 2 heterocycles. The third kappa shape index (κ3) is 4.38. The van der Waals surface area contributed by atoms with E-state index in [0.29, 0.717) is 18.7 Å². The maximum atomic E-state index is 12.0. The van der Waals surface area contributed by atoms with Crippen LogP contribution in [-0.2, 0) is 5.41 Å². The highest BCUT2D eigenvalue weighted by Gasteiger charge is 2.19. The standard InChI is InChI=1S/C17H20BrN5OS/c1-17(2,3)13-10-23-16(21-13)25-15(22-23)20-9-8-19-14(24)11-4-6-12(18)7-5-11/h4-7,10H,8-9H2,1-3H3,(H,19,24)(H,20,22). The van der Waals surface area contributed by atoms with Crippen molar-refractivity contribution in [2.75, 3.05) is 18.4 Å². The smallest absolute Gasteiger partial charge is 0.251 e. The molecule has 0 fully saturated rings. The highest BCUT2D eigenvalue weighted by atomic mass is 79.9. The highest BCUT2D eigenvalue weighted by molar-refractivity contribution is 9.10. The first-order chi connectivity index (χ1) is 11.8. The molecule has 0 aliphatic rings. The number of nitrogens with one attached hydrogen (secondary N) is 2. The second-order valence-electron chi connectivity index (χ2n) is 6.70. The SMILES string of the molecule is CC(C)(C)c1cn2nc(NCCNC(=O)c3ccc(Br)cc3)sc2n1. The quantitative estimate of drug-likeness (QED) is 0.616. The molecular weight excluding hydrogens is 402 g/mol. The van der Waals surface area contributed by atoms with Gasteiger partial charge in [0.1, 0.15) is 0 Å². The van der Waals surface area contributed by atoms with Gasteiger partial charge in [-0.2, -0.15) is 0 Å². The molecule has 1 aromatic carbocycles. The number of hydrogen-bond donors (Lipinski definition) is 2. The van der Waals surface area contributed by atoms with E-state index in [2.05, 4.69) is 57.4 Å². The molecule has 0 saturated heterocycles. The van der Waals surface area contributed by atoms with Crippen LogP contribution in [0.1, 0.15) is 36.8 Å². The fraction of sp³-hybridized carbons (Fsp3) is 0.353. The topological polar surface area (TPSA) is 71.3 Å². The van der Waals surface area contributed by atoms with Crippen LogP contribution in [0.2, 0.25) is 0 Å². The maximum Gasteiger partial charge on any atom is 0.251 e. The second kappa shape index (κ2) is 7.13. The molecule has 3 rings (SSSR count). The Kier molecular flexibility index (Phi) is 5.10. The monoisotopic (exact) mass is 421 g/mol. The summed E-state index contributed by atoms with van der Waals surface area (Å²) in [5.41, 5.74) is 1.68. The van der Waals surface area contributed by atoms with Crippen LogP contribution in [0, 0.1) is 0 Å². The van der Waals surface area contributed by atoms with E-state index in [4.69, 9.17) is 0 Å². The molecule has 8 heteroatoms. The number of carbonyl (C=O) groups is 1. The normalized spacial score (nSPS) is 11.7. The van der Waals surface area contributed by atoms with Crippen molar-refractivity contribution < 1.29 is 4.79 Å². The molecule has 0 aliphatic heterocycles. The average molecular weight is 422 g/mol. The Labute approximate surface area is 158 Å². The van der Waals surface area contributed by atoms with Gasteiger partial charge in [-0.15, -0.1) is 5.10 Å². The Morgan fingerprint density at radius 1 is 1.24 bits per heavy atom. The molecule has 0 bridgehead atoms. The molecule has 2 N–H and O–H groups in total. The van der Waals surface area contributed by atoms with Gasteiger partial charge in [0.2, 0.25) is 10.1 Å². The van der Waals surface area contributed by atoms with Crippen LogP contribution < -0.4 is 10.6 Å². The molecule has 0 unspecified atom stereocenters. The van der Waals surface area contributed by atoms with E-state index in [-0.39, 0.29) is 11.3 Å². The van der Waals surface area contributed by atoms with E-state index < -0.39 is 0 Å². The Hall–Kier alpha value is -1.93. The van der Waals surface area contributed by atoms with Crippen molar-refractivity contribution in [3.05, 3.63) is 46.2 Å². The van der Waals surface area contributed by atoms with Gasteiger partial charge in [-0.3, -0.25) is 4.79 Å². The fourth-order valence-electron chi connectivity index (χ4n) is 2.18. The molecule has 0 radical (unpaired) electrons. The van der Waals surface area contributed by atoms with Crippen LogP contribution in [0.3, 0.4) is 0 Å². The van der Waals surface area contributed by atoms with E-state index in [1.165, 1.54) is 11.3 Å². The van der Waals surface area contributed by atoms with Crippen molar-refractivity contribution in [2.24, 2.45) is 0 Å². The van der Waals surface area contributed by atoms with Gasteiger partial charge >= 0.3 is 0 Å². The molecule has 0 saturated carbocycles. The lowest BCUT2D eigenvalue weighted by atomic mass is 9.93. The Balaban J connectivity index is 1.50. The van der Waals surface area contributed by atoms with Crippen molar-refractivity contribution in [3.63, 3.8) is 0 Å². The van der Waals surface area contributed by atoms with Gasteiger partial charge in [-0.05, 0) is 24.3 Å². The van der Waals surface area contributed by atoms with Crippen LogP contribution in [0.25, 0.3) is 4.96 Å². The highest BCUT2D eigenvalue weighted by Crippen LogP contribution is 2.25. The van der Waals surface area contributed by atoms with Crippen LogP contribution in [0.4, 0.5) is 5.13 Å². The van der Waals surface area contributed by atoms with Crippen molar-refractivity contribution in [3.8, 4) is 0 Å². The minimum atomic E-state index is -0.0851. The summed E-state index contributed by atoms with van der Waals surface area (Å²) in [6.45, 7) is 7.52. The van der Waals surface area contributed by atoms with E-state index >= 15 is 0 Å². The zero-order valence-electron chi connectivity index (χ0n) is 14.3. The largest absolute Gasteiger partial charge is 0.358 e. The number of carbonyl (C=O) groups excluding carboxylic acids is 1. The molecule has 25 heavy (non-hydrogen) atoms. The summed E-state index contributed by atoms with van der Waals surface area (Å²) in [6.07, 6.45) is 1.96. The molecule has 0 spiro atoms. The molecule has 0 atom stereocenters. The first-order valence-corrected chi connectivity index (χ1v) is 9.58. The Morgan fingerprint density at radius 2 is 1.96 bits per heavy atom. The van der Waals surface area contributed by atoms with Crippen molar-refractivity contribution in [1.29, 1.82) is 0 Å². The van der Waals surface area contributed by atoms with Crippen LogP contribution in [-0.4, -0.2) is 33.6 Å². The number of fused-ring (bicyclic) bond motifs is 1. The number of rotatable bonds is 5. The molecular formula is C17H20BrN5OS. The van der Waals surface area contributed by atoms with Crippen molar-refractivity contribution in [2.45, 2.75) is 26.2 Å². The minimum absolute atomic E-state index is 0.0122. The van der Waals surface area contributed by atoms with E-state index in [1.54, 1.807) is 16.6 Å². The number of imidazole rings is 1. The molecule has 132 valence electrons. The second-order valence-corrected chi connectivity index (χ2v) is 8.57. The zero-order chi connectivity index (χ0) is 18.0. The molecule has 3 aromatic rings. The summed E-state index contributed by atoms with van der Waals surface area (Å²) in [7, 11) is 0. The number of amides is 1. The minimum Gasteiger partial charge on any atom is -0.358 e. The molecule has 6 nitrogen and oxygen atoms in total. The Bertz CT molecular complexity index is 847. The maximum absolute atomic E-state index is 12.0. The predicted octanol–water partition coefficient (Wildman–Crippen LogP) is 3.69. The summed E-state index contributed by atoms with van der Waals surface area (Å²) in [6, 6.07) is 7.28. The van der Waals surface area contributed by atoms with Gasteiger partial charge in [0.25, 0.3) is 5.91 Å². The number of benzene rings is 1. The number of aromatic nitrogens is 3. The summed E-state index contributed by atoms with van der Waals surface area (Å²) in [4.78, 5) is 17.5. The molecule has 0 aliphatic carbocycles. The first-order valence-electron chi connectivity index (χ1n) is 7.97. The van der Waals surface area contributed by atoms with Gasteiger partial charge in [0, 0.05) is 28.5 Å². The lowest BCUT2D eigenvalue weighted by Gasteiger charge is -2.13. The summed E-state index contributed by atoms with van der Waals surface area (Å²) in [5.74, 6) is -0.0851. The predicted molar refractivity (Wildman–Crippen MR) is 105 cm³/mol. The summed E-state index contributed by atoms with van der Waals surface area (Å²) < 4.78 is 2.75. The van der Waals surface area contributed by atoms with E-state index in [1.807, 2.05) is 18.3 Å². The summed E-state index contributed by atoms with van der Waals surface area (Å²) in [5, 5.41) is 11.4. The lowest BCUT2D eigenvalue weighted by Crippen LogP contribution is -2.28. The summed E-state index contributed by atoms with van der Waals surface area (Å²) >= 11 is 4.86. The lowest BCUT2D eigenvalue weighted by molar-refractivity contribution is 0.0955. The number of hydrogen-bond acceptors (Lipinski definition) is 5. The van der Waals surface area contributed by atoms with Crippen molar-refractivity contribution in [1.82, 2.24) is 19.9 Å². The average Bonchev–Trinajstić information content (AvgIpc) is 3.10. The molecule has 2 aromatic heterocycles. The molecule has 1 amide bonds. The van der Waals surface area contributed by atoms with Crippen LogP contribution in [0.15, 0.2) is 34.9 Å². The van der Waals surface area contributed by atoms with Gasteiger partial charge < -0.3 is 10.6 Å². The van der Waals surface area contributed by atoms with Gasteiger partial charge in [0.15, 0.2) is 0 Å². The van der Waals surface area contributed by atoms with Crippen LogP contribution in [0.5, 0.6) is 0 Å². The first kappa shape index (κ1) is 17.9. The number of anilines is 1. The zero-order valence-corrected chi connectivity index (χ0v) is 16.7. The Morgan fingerprint density at radius 3 is 2.60 bits per heavy atom. The van der Waals surface area contributed by atoms with Gasteiger partial charge in [0.05, 0.1) is 11.9 Å². The van der Waals surface area contributed by atoms with Crippen LogP contribution >= 0.6 is 27.3 Å². The third-order valence-corrected chi connectivity index (χ3v) is 5.01. The van der Waals surface area contributed by atoms with E-state index in [0.717, 1.165) is 20.3 Å². The third-order valence-electron chi connectivity index (χ3n) is 3.60. The van der Waals surface area contributed by atoms with Gasteiger partial charge in [-0.25, -0.2) is 9.50 Å². The number of nitrogens with zero attached hydrogens (tertiary/aromatic N) is 3. The van der Waals surface area contributed by atoms with Crippen molar-refractivity contribution >= 4 is 43.3 Å².